The second-order valence-corrected chi connectivity index (χ2v) is 5.09. The van der Waals surface area contributed by atoms with Gasteiger partial charge in [-0.3, -0.25) is 10.1 Å². The number of hydrogen-bond donors (Lipinski definition) is 1. The number of benzene rings is 1. The highest BCUT2D eigenvalue weighted by Gasteiger charge is 2.26. The molecule has 6 nitrogen and oxygen atoms in total. The summed E-state index contributed by atoms with van der Waals surface area (Å²) in [6.45, 7) is 3.88. The molecule has 0 aromatic heterocycles. The lowest BCUT2D eigenvalue weighted by atomic mass is 9.96. The molecule has 0 spiro atoms. The Morgan fingerprint density at radius 1 is 1.44 bits per heavy atom. The average molecular weight is 252 g/mol. The van der Waals surface area contributed by atoms with E-state index in [1.54, 1.807) is 6.07 Å². The summed E-state index contributed by atoms with van der Waals surface area (Å²) in [5.74, 6) is 0.657. The van der Waals surface area contributed by atoms with Gasteiger partial charge < -0.3 is 15.2 Å². The Morgan fingerprint density at radius 3 is 2.78 bits per heavy atom. The summed E-state index contributed by atoms with van der Waals surface area (Å²) >= 11 is 0. The van der Waals surface area contributed by atoms with Crippen molar-refractivity contribution in [1.29, 1.82) is 0 Å². The van der Waals surface area contributed by atoms with Gasteiger partial charge in [-0.2, -0.15) is 0 Å². The molecule has 0 fully saturated rings. The van der Waals surface area contributed by atoms with Gasteiger partial charge in [0.2, 0.25) is 12.5 Å². The molecule has 0 aliphatic carbocycles. The Morgan fingerprint density at radius 2 is 2.17 bits per heavy atom. The smallest absolute Gasteiger partial charge is 0.315 e. The molecule has 1 aliphatic heterocycles. The zero-order valence-corrected chi connectivity index (χ0v) is 10.4. The van der Waals surface area contributed by atoms with Crippen LogP contribution in [0.1, 0.15) is 25.8 Å². The van der Waals surface area contributed by atoms with Crippen LogP contribution < -0.4 is 15.2 Å². The molecule has 98 valence electrons. The van der Waals surface area contributed by atoms with E-state index in [4.69, 9.17) is 15.2 Å². The normalized spacial score (nSPS) is 13.7. The maximum Gasteiger partial charge on any atom is 0.315 e. The van der Waals surface area contributed by atoms with E-state index >= 15 is 0 Å². The monoisotopic (exact) mass is 252 g/mol. The molecule has 0 atom stereocenters. The summed E-state index contributed by atoms with van der Waals surface area (Å²) in [7, 11) is 0. The van der Waals surface area contributed by atoms with E-state index in [1.165, 1.54) is 6.07 Å². The fourth-order valence-corrected chi connectivity index (χ4v) is 1.79. The van der Waals surface area contributed by atoms with Gasteiger partial charge in [0.25, 0.3) is 0 Å². The van der Waals surface area contributed by atoms with Crippen molar-refractivity contribution in [2.24, 2.45) is 5.73 Å². The van der Waals surface area contributed by atoms with Crippen LogP contribution in [0.2, 0.25) is 0 Å². The molecule has 6 heteroatoms. The Kier molecular flexibility index (Phi) is 3.13. The summed E-state index contributed by atoms with van der Waals surface area (Å²) in [5, 5.41) is 11.0. The Labute approximate surface area is 105 Å². The van der Waals surface area contributed by atoms with Gasteiger partial charge in [0, 0.05) is 11.6 Å². The first kappa shape index (κ1) is 12.6. The zero-order chi connectivity index (χ0) is 13.3. The quantitative estimate of drug-likeness (QED) is 0.654. The third-order valence-corrected chi connectivity index (χ3v) is 2.77. The van der Waals surface area contributed by atoms with Gasteiger partial charge in [-0.25, -0.2) is 0 Å². The van der Waals surface area contributed by atoms with Crippen LogP contribution in [0.4, 0.5) is 5.69 Å². The van der Waals surface area contributed by atoms with E-state index < -0.39 is 4.92 Å². The van der Waals surface area contributed by atoms with E-state index in [0.717, 1.165) is 12.0 Å². The minimum Gasteiger partial charge on any atom is -0.453 e. The van der Waals surface area contributed by atoms with Crippen LogP contribution in [-0.4, -0.2) is 17.3 Å². The van der Waals surface area contributed by atoms with E-state index in [1.807, 2.05) is 13.8 Å². The van der Waals surface area contributed by atoms with Gasteiger partial charge in [0.15, 0.2) is 5.75 Å². The van der Waals surface area contributed by atoms with Gasteiger partial charge in [0.1, 0.15) is 0 Å². The molecule has 2 rings (SSSR count). The maximum atomic E-state index is 11.0. The van der Waals surface area contributed by atoms with Crippen LogP contribution in [0, 0.1) is 10.1 Å². The molecule has 1 aromatic carbocycles. The molecule has 1 heterocycles. The van der Waals surface area contributed by atoms with Crippen LogP contribution in [0.25, 0.3) is 0 Å². The zero-order valence-electron chi connectivity index (χ0n) is 10.4. The van der Waals surface area contributed by atoms with Crippen molar-refractivity contribution in [3.63, 3.8) is 0 Å². The Bertz CT molecular complexity index is 480. The first-order chi connectivity index (χ1) is 8.37. The van der Waals surface area contributed by atoms with Crippen LogP contribution >= 0.6 is 0 Å². The van der Waals surface area contributed by atoms with Crippen molar-refractivity contribution in [2.45, 2.75) is 32.2 Å². The second-order valence-electron chi connectivity index (χ2n) is 5.09. The summed E-state index contributed by atoms with van der Waals surface area (Å²) in [6, 6.07) is 3.31. The van der Waals surface area contributed by atoms with Crippen molar-refractivity contribution < 1.29 is 14.4 Å². The van der Waals surface area contributed by atoms with Gasteiger partial charge >= 0.3 is 5.69 Å². The highest BCUT2D eigenvalue weighted by molar-refractivity contribution is 5.59. The number of ether oxygens (including phenoxy) is 2. The van der Waals surface area contributed by atoms with Crippen LogP contribution in [0.5, 0.6) is 11.5 Å². The number of nitrogens with two attached hydrogens (primary N) is 1. The Hall–Kier alpha value is -1.82. The molecule has 0 saturated carbocycles. The van der Waals surface area contributed by atoms with E-state index in [0.29, 0.717) is 12.2 Å². The van der Waals surface area contributed by atoms with Gasteiger partial charge in [-0.15, -0.1) is 0 Å². The third kappa shape index (κ3) is 2.70. The maximum absolute atomic E-state index is 11.0. The number of nitrogens with zero attached hydrogens (tertiary/aromatic N) is 1. The molecule has 1 aliphatic rings. The van der Waals surface area contributed by atoms with Gasteiger partial charge in [-0.1, -0.05) is 0 Å². The highest BCUT2D eigenvalue weighted by atomic mass is 16.7. The van der Waals surface area contributed by atoms with Crippen LogP contribution in [0.15, 0.2) is 12.1 Å². The van der Waals surface area contributed by atoms with Crippen molar-refractivity contribution in [2.75, 3.05) is 6.79 Å². The molecule has 1 aromatic rings. The molecule has 2 N–H and O–H groups in total. The minimum absolute atomic E-state index is 0.0298. The second kappa shape index (κ2) is 4.45. The third-order valence-electron chi connectivity index (χ3n) is 2.77. The molecule has 0 saturated heterocycles. The summed E-state index contributed by atoms with van der Waals surface area (Å²) in [6.07, 6.45) is 1.41. The highest BCUT2D eigenvalue weighted by Crippen LogP contribution is 2.41. The lowest BCUT2D eigenvalue weighted by Crippen LogP contribution is -2.32. The molecule has 0 bridgehead atoms. The molecule has 0 radical (unpaired) electrons. The van der Waals surface area contributed by atoms with E-state index in [9.17, 15) is 10.1 Å². The average Bonchev–Trinajstić information content (AvgIpc) is 2.71. The molecule has 0 unspecified atom stereocenters. The van der Waals surface area contributed by atoms with Crippen LogP contribution in [0.3, 0.4) is 0 Å². The predicted molar refractivity (Wildman–Crippen MR) is 65.8 cm³/mol. The van der Waals surface area contributed by atoms with E-state index in [2.05, 4.69) is 0 Å². The van der Waals surface area contributed by atoms with E-state index in [-0.39, 0.29) is 23.8 Å². The fraction of sp³-hybridized carbons (Fsp3) is 0.500. The Balaban J connectivity index is 2.27. The lowest BCUT2D eigenvalue weighted by Gasteiger charge is -2.18. The van der Waals surface area contributed by atoms with Gasteiger partial charge in [-0.05, 0) is 38.3 Å². The lowest BCUT2D eigenvalue weighted by molar-refractivity contribution is -0.385. The largest absolute Gasteiger partial charge is 0.453 e. The standard InChI is InChI=1S/C12H16N2O4/c1-12(2,13)4-3-8-5-9(14(15)16)11-10(6-8)17-7-18-11/h5-6H,3-4,7,13H2,1-2H3. The number of rotatable bonds is 4. The first-order valence-corrected chi connectivity index (χ1v) is 5.72. The van der Waals surface area contributed by atoms with Crippen molar-refractivity contribution >= 4 is 5.69 Å². The van der Waals surface area contributed by atoms with Crippen molar-refractivity contribution in [3.05, 3.63) is 27.8 Å². The summed E-state index contributed by atoms with van der Waals surface area (Å²) < 4.78 is 10.3. The number of nitro benzene ring substituents is 1. The topological polar surface area (TPSA) is 87.6 Å². The predicted octanol–water partition coefficient (Wildman–Crippen LogP) is 1.99. The number of hydrogen-bond acceptors (Lipinski definition) is 5. The van der Waals surface area contributed by atoms with Crippen molar-refractivity contribution in [1.82, 2.24) is 0 Å². The van der Waals surface area contributed by atoms with Gasteiger partial charge in [0.05, 0.1) is 4.92 Å². The number of nitro groups is 1. The molecular formula is C12H16N2O4. The number of fused-ring (bicyclic) bond motifs is 1. The minimum atomic E-state index is -0.454. The SMILES string of the molecule is CC(C)(N)CCc1cc2c(c([N+](=O)[O-])c1)OCO2. The fourth-order valence-electron chi connectivity index (χ4n) is 1.79. The van der Waals surface area contributed by atoms with Crippen LogP contribution in [-0.2, 0) is 6.42 Å². The summed E-state index contributed by atoms with van der Waals surface area (Å²) in [5.41, 5.74) is 6.39. The first-order valence-electron chi connectivity index (χ1n) is 5.72. The molecule has 0 amide bonds. The summed E-state index contributed by atoms with van der Waals surface area (Å²) in [4.78, 5) is 10.5. The number of aryl methyl sites for hydroxylation is 1. The molecule has 18 heavy (non-hydrogen) atoms. The van der Waals surface area contributed by atoms with Crippen molar-refractivity contribution in [3.8, 4) is 11.5 Å². The molecular weight excluding hydrogens is 236 g/mol.